The van der Waals surface area contributed by atoms with E-state index in [2.05, 4.69) is 42.4 Å². The van der Waals surface area contributed by atoms with Gasteiger partial charge in [-0.05, 0) is 42.5 Å². The Balaban J connectivity index is 1.52. The highest BCUT2D eigenvalue weighted by Crippen LogP contribution is 2.30. The molecule has 6 nitrogen and oxygen atoms in total. The van der Waals surface area contributed by atoms with E-state index in [1.165, 1.54) is 13.3 Å². The van der Waals surface area contributed by atoms with Gasteiger partial charge in [-0.3, -0.25) is 4.79 Å². The average Bonchev–Trinajstić information content (AvgIpc) is 3.16. The quantitative estimate of drug-likeness (QED) is 0.360. The van der Waals surface area contributed by atoms with E-state index in [0.29, 0.717) is 23.0 Å². The first-order valence-corrected chi connectivity index (χ1v) is 9.78. The number of rotatable bonds is 7. The highest BCUT2D eigenvalue weighted by molar-refractivity contribution is 9.10. The lowest BCUT2D eigenvalue weighted by molar-refractivity contribution is -0.123. The molecule has 0 aliphatic carbocycles. The molecule has 0 saturated heterocycles. The fourth-order valence-electron chi connectivity index (χ4n) is 2.30. The molecule has 0 unspecified atom stereocenters. The monoisotopic (exact) mass is 506 g/mol. The molecule has 0 atom stereocenters. The Morgan fingerprint density at radius 2 is 1.82 bits per heavy atom. The van der Waals surface area contributed by atoms with Gasteiger partial charge in [0, 0.05) is 14.5 Å². The summed E-state index contributed by atoms with van der Waals surface area (Å²) in [4.78, 5) is 11.9. The smallest absolute Gasteiger partial charge is 0.277 e. The second kappa shape index (κ2) is 9.57. The van der Waals surface area contributed by atoms with Crippen LogP contribution in [-0.2, 0) is 4.79 Å². The van der Waals surface area contributed by atoms with Gasteiger partial charge in [0.25, 0.3) is 5.91 Å². The number of amides is 1. The summed E-state index contributed by atoms with van der Waals surface area (Å²) in [5.74, 6) is 1.83. The van der Waals surface area contributed by atoms with Crippen molar-refractivity contribution in [3.8, 4) is 22.8 Å². The standard InChI is InChI=1S/C20H16Br2N2O4/c1-26-19-10-15(22)6-8-18(19)27-12-20(25)24-23-11-16-7-9-17(28-16)13-2-4-14(21)5-3-13/h2-11H,12H2,1H3,(H,24,25). The van der Waals surface area contributed by atoms with Gasteiger partial charge in [-0.1, -0.05) is 44.0 Å². The lowest BCUT2D eigenvalue weighted by Gasteiger charge is -2.09. The van der Waals surface area contributed by atoms with Crippen LogP contribution in [0.25, 0.3) is 11.3 Å². The molecule has 8 heteroatoms. The number of nitrogens with zero attached hydrogens (tertiary/aromatic N) is 1. The number of methoxy groups -OCH3 is 1. The van der Waals surface area contributed by atoms with E-state index < -0.39 is 5.91 Å². The largest absolute Gasteiger partial charge is 0.493 e. The highest BCUT2D eigenvalue weighted by Gasteiger charge is 2.08. The molecule has 1 heterocycles. The van der Waals surface area contributed by atoms with E-state index >= 15 is 0 Å². The molecular weight excluding hydrogens is 492 g/mol. The first-order valence-electron chi connectivity index (χ1n) is 8.19. The molecule has 0 aliphatic rings. The van der Waals surface area contributed by atoms with Crippen LogP contribution in [-0.4, -0.2) is 25.8 Å². The zero-order chi connectivity index (χ0) is 19.9. The topological polar surface area (TPSA) is 73.1 Å². The molecule has 3 rings (SSSR count). The number of hydrazone groups is 1. The second-order valence-corrected chi connectivity index (χ2v) is 7.42. The maximum atomic E-state index is 11.9. The predicted molar refractivity (Wildman–Crippen MR) is 114 cm³/mol. The number of benzene rings is 2. The van der Waals surface area contributed by atoms with Crippen molar-refractivity contribution in [2.24, 2.45) is 5.10 Å². The third-order valence-corrected chi connectivity index (χ3v) is 4.64. The van der Waals surface area contributed by atoms with Crippen molar-refractivity contribution in [1.29, 1.82) is 0 Å². The van der Waals surface area contributed by atoms with E-state index in [9.17, 15) is 4.79 Å². The number of furan rings is 1. The summed E-state index contributed by atoms with van der Waals surface area (Å²) in [6.45, 7) is -0.197. The van der Waals surface area contributed by atoms with Gasteiger partial charge in [0.2, 0.25) is 0 Å². The fraction of sp³-hybridized carbons (Fsp3) is 0.100. The lowest BCUT2D eigenvalue weighted by atomic mass is 10.2. The Bertz CT molecular complexity index is 984. The highest BCUT2D eigenvalue weighted by atomic mass is 79.9. The third kappa shape index (κ3) is 5.46. The van der Waals surface area contributed by atoms with Crippen LogP contribution in [0, 0.1) is 0 Å². The van der Waals surface area contributed by atoms with E-state index in [4.69, 9.17) is 13.9 Å². The normalized spacial score (nSPS) is 10.8. The molecule has 0 aliphatic heterocycles. The van der Waals surface area contributed by atoms with Crippen molar-refractivity contribution in [3.63, 3.8) is 0 Å². The van der Waals surface area contributed by atoms with Crippen LogP contribution in [0.4, 0.5) is 0 Å². The van der Waals surface area contributed by atoms with Crippen molar-refractivity contribution in [2.45, 2.75) is 0 Å². The molecule has 3 aromatic rings. The second-order valence-electron chi connectivity index (χ2n) is 5.59. The van der Waals surface area contributed by atoms with Crippen molar-refractivity contribution < 1.29 is 18.7 Å². The van der Waals surface area contributed by atoms with Crippen LogP contribution < -0.4 is 14.9 Å². The molecule has 0 radical (unpaired) electrons. The molecule has 0 bridgehead atoms. The Morgan fingerprint density at radius 3 is 2.57 bits per heavy atom. The Kier molecular flexibility index (Phi) is 6.89. The van der Waals surface area contributed by atoms with E-state index in [-0.39, 0.29) is 6.61 Å². The number of halogens is 2. The fourth-order valence-corrected chi connectivity index (χ4v) is 2.90. The van der Waals surface area contributed by atoms with Gasteiger partial charge >= 0.3 is 0 Å². The van der Waals surface area contributed by atoms with Crippen LogP contribution in [0.3, 0.4) is 0 Å². The third-order valence-electron chi connectivity index (χ3n) is 3.62. The molecular formula is C20H16Br2N2O4. The molecule has 144 valence electrons. The zero-order valence-electron chi connectivity index (χ0n) is 14.8. The van der Waals surface area contributed by atoms with Crippen LogP contribution >= 0.6 is 31.9 Å². The molecule has 0 saturated carbocycles. The van der Waals surface area contributed by atoms with Gasteiger partial charge < -0.3 is 13.9 Å². The number of nitrogens with one attached hydrogen (secondary N) is 1. The first kappa shape index (κ1) is 20.2. The molecule has 0 spiro atoms. The summed E-state index contributed by atoms with van der Waals surface area (Å²) in [6, 6.07) is 16.6. The van der Waals surface area contributed by atoms with Gasteiger partial charge in [0.1, 0.15) is 11.5 Å². The summed E-state index contributed by atoms with van der Waals surface area (Å²) < 4.78 is 18.2. The van der Waals surface area contributed by atoms with Crippen molar-refractivity contribution in [1.82, 2.24) is 5.43 Å². The van der Waals surface area contributed by atoms with Crippen LogP contribution in [0.5, 0.6) is 11.5 Å². The molecule has 1 N–H and O–H groups in total. The summed E-state index contributed by atoms with van der Waals surface area (Å²) in [7, 11) is 1.53. The summed E-state index contributed by atoms with van der Waals surface area (Å²) in [5, 5.41) is 3.89. The Morgan fingerprint density at radius 1 is 1.07 bits per heavy atom. The van der Waals surface area contributed by atoms with E-state index in [1.807, 2.05) is 30.3 Å². The van der Waals surface area contributed by atoms with E-state index in [0.717, 1.165) is 14.5 Å². The minimum Gasteiger partial charge on any atom is -0.493 e. The van der Waals surface area contributed by atoms with Gasteiger partial charge in [-0.25, -0.2) is 5.43 Å². The lowest BCUT2D eigenvalue weighted by Crippen LogP contribution is -2.24. The maximum absolute atomic E-state index is 11.9. The number of ether oxygens (including phenoxy) is 2. The summed E-state index contributed by atoms with van der Waals surface area (Å²) in [5.41, 5.74) is 3.34. The van der Waals surface area contributed by atoms with Crippen molar-refractivity contribution in [2.75, 3.05) is 13.7 Å². The number of carbonyl (C=O) groups is 1. The Labute approximate surface area is 178 Å². The maximum Gasteiger partial charge on any atom is 0.277 e. The minimum atomic E-state index is -0.402. The van der Waals surface area contributed by atoms with Crippen molar-refractivity contribution >= 4 is 44.0 Å². The predicted octanol–water partition coefficient (Wildman–Crippen LogP) is 5.01. The van der Waals surface area contributed by atoms with Crippen LogP contribution in [0.1, 0.15) is 5.76 Å². The molecule has 28 heavy (non-hydrogen) atoms. The molecule has 2 aromatic carbocycles. The average molecular weight is 508 g/mol. The van der Waals surface area contributed by atoms with E-state index in [1.54, 1.807) is 24.3 Å². The molecule has 0 fully saturated rings. The number of hydrogen-bond acceptors (Lipinski definition) is 5. The number of hydrogen-bond donors (Lipinski definition) is 1. The van der Waals surface area contributed by atoms with Gasteiger partial charge in [-0.2, -0.15) is 5.10 Å². The van der Waals surface area contributed by atoms with Gasteiger partial charge in [-0.15, -0.1) is 0 Å². The summed E-state index contributed by atoms with van der Waals surface area (Å²) >= 11 is 6.75. The SMILES string of the molecule is COc1cc(Br)ccc1OCC(=O)NN=Cc1ccc(-c2ccc(Br)cc2)o1. The van der Waals surface area contributed by atoms with Gasteiger partial charge in [0.15, 0.2) is 18.1 Å². The zero-order valence-corrected chi connectivity index (χ0v) is 18.0. The van der Waals surface area contributed by atoms with Gasteiger partial charge in [0.05, 0.1) is 13.3 Å². The number of carbonyl (C=O) groups excluding carboxylic acids is 1. The molecule has 1 aromatic heterocycles. The van der Waals surface area contributed by atoms with Crippen molar-refractivity contribution in [3.05, 3.63) is 69.3 Å². The van der Waals surface area contributed by atoms with Crippen LogP contribution in [0.15, 0.2) is 73.1 Å². The minimum absolute atomic E-state index is 0.197. The summed E-state index contributed by atoms with van der Waals surface area (Å²) in [6.07, 6.45) is 1.43. The van der Waals surface area contributed by atoms with Crippen LogP contribution in [0.2, 0.25) is 0 Å². The Hall–Kier alpha value is -2.58. The first-order chi connectivity index (χ1) is 13.5. The molecule has 1 amide bonds.